The summed E-state index contributed by atoms with van der Waals surface area (Å²) in [4.78, 5) is 11.0. The predicted molar refractivity (Wildman–Crippen MR) is 68.6 cm³/mol. The maximum absolute atomic E-state index is 11.0. The van der Waals surface area contributed by atoms with E-state index in [1.807, 2.05) is 24.3 Å². The van der Waals surface area contributed by atoms with Crippen molar-refractivity contribution in [2.24, 2.45) is 5.73 Å². The maximum Gasteiger partial charge on any atom is 0.344 e. The van der Waals surface area contributed by atoms with Gasteiger partial charge in [0.15, 0.2) is 6.61 Å². The van der Waals surface area contributed by atoms with E-state index in [9.17, 15) is 4.79 Å². The highest BCUT2D eigenvalue weighted by atomic mass is 35.5. The number of carbonyl (C=O) groups is 1. The van der Waals surface area contributed by atoms with Crippen LogP contribution in [-0.2, 0) is 16.0 Å². The second-order valence-corrected chi connectivity index (χ2v) is 3.28. The minimum Gasteiger partial charge on any atom is -0.482 e. The van der Waals surface area contributed by atoms with Crippen molar-refractivity contribution in [3.8, 4) is 5.75 Å². The smallest absolute Gasteiger partial charge is 0.344 e. The Labute approximate surface area is 108 Å². The van der Waals surface area contributed by atoms with Gasteiger partial charge in [-0.3, -0.25) is 0 Å². The number of benzene rings is 1. The first-order chi connectivity index (χ1) is 7.76. The van der Waals surface area contributed by atoms with Crippen molar-refractivity contribution in [2.75, 3.05) is 19.8 Å². The van der Waals surface area contributed by atoms with Crippen molar-refractivity contribution in [1.29, 1.82) is 0 Å². The number of ether oxygens (including phenoxy) is 2. The van der Waals surface area contributed by atoms with Gasteiger partial charge < -0.3 is 15.2 Å². The molecule has 0 fully saturated rings. The fraction of sp³-hybridized carbons (Fsp3) is 0.417. The third-order valence-electron chi connectivity index (χ3n) is 2.02. The van der Waals surface area contributed by atoms with Crippen LogP contribution >= 0.6 is 12.4 Å². The first-order valence-electron chi connectivity index (χ1n) is 5.33. The molecule has 0 aliphatic rings. The molecule has 4 nitrogen and oxygen atoms in total. The lowest BCUT2D eigenvalue weighted by atomic mass is 10.1. The summed E-state index contributed by atoms with van der Waals surface area (Å²) in [5.41, 5.74) is 6.60. The Morgan fingerprint density at radius 3 is 2.47 bits per heavy atom. The maximum atomic E-state index is 11.0. The zero-order chi connectivity index (χ0) is 11.8. The minimum absolute atomic E-state index is 0. The zero-order valence-electron chi connectivity index (χ0n) is 9.85. The summed E-state index contributed by atoms with van der Waals surface area (Å²) < 4.78 is 9.99. The van der Waals surface area contributed by atoms with Gasteiger partial charge in [0.05, 0.1) is 6.61 Å². The van der Waals surface area contributed by atoms with E-state index in [1.165, 1.54) is 0 Å². The van der Waals surface area contributed by atoms with E-state index in [1.54, 1.807) is 6.92 Å². The molecule has 0 unspecified atom stereocenters. The van der Waals surface area contributed by atoms with Crippen molar-refractivity contribution < 1.29 is 14.3 Å². The number of esters is 1. The van der Waals surface area contributed by atoms with Crippen LogP contribution in [0.3, 0.4) is 0 Å². The Balaban J connectivity index is 0.00000256. The lowest BCUT2D eigenvalue weighted by Gasteiger charge is -2.06. The van der Waals surface area contributed by atoms with Crippen LogP contribution < -0.4 is 10.5 Å². The van der Waals surface area contributed by atoms with Gasteiger partial charge in [-0.2, -0.15) is 0 Å². The van der Waals surface area contributed by atoms with E-state index in [0.29, 0.717) is 18.9 Å². The molecule has 1 aromatic carbocycles. The van der Waals surface area contributed by atoms with Gasteiger partial charge in [0.25, 0.3) is 0 Å². The van der Waals surface area contributed by atoms with Gasteiger partial charge in [0, 0.05) is 0 Å². The van der Waals surface area contributed by atoms with Crippen LogP contribution in [0.15, 0.2) is 24.3 Å². The lowest BCUT2D eigenvalue weighted by Crippen LogP contribution is -2.14. The molecule has 2 N–H and O–H groups in total. The van der Waals surface area contributed by atoms with E-state index in [-0.39, 0.29) is 25.0 Å². The highest BCUT2D eigenvalue weighted by molar-refractivity contribution is 5.85. The van der Waals surface area contributed by atoms with Gasteiger partial charge in [-0.1, -0.05) is 12.1 Å². The van der Waals surface area contributed by atoms with Crippen molar-refractivity contribution in [3.63, 3.8) is 0 Å². The number of hydrogen-bond donors (Lipinski definition) is 1. The fourth-order valence-electron chi connectivity index (χ4n) is 1.26. The van der Waals surface area contributed by atoms with Crippen LogP contribution in [0.2, 0.25) is 0 Å². The molecule has 17 heavy (non-hydrogen) atoms. The summed E-state index contributed by atoms with van der Waals surface area (Å²) in [5.74, 6) is 0.308. The van der Waals surface area contributed by atoms with Gasteiger partial charge in [-0.05, 0) is 37.6 Å². The Kier molecular flexibility index (Phi) is 8.19. The van der Waals surface area contributed by atoms with E-state index in [0.717, 1.165) is 12.0 Å². The molecule has 0 bridgehead atoms. The molecule has 5 heteroatoms. The number of hydrogen-bond acceptors (Lipinski definition) is 4. The number of carbonyl (C=O) groups excluding carboxylic acids is 1. The molecule has 1 rings (SSSR count). The van der Waals surface area contributed by atoms with Crippen LogP contribution in [0.1, 0.15) is 12.5 Å². The minimum atomic E-state index is -0.353. The quantitative estimate of drug-likeness (QED) is 0.788. The first-order valence-corrected chi connectivity index (χ1v) is 5.33. The number of halogens is 1. The SMILES string of the molecule is CCOC(=O)COc1ccc(CCN)cc1.Cl. The van der Waals surface area contributed by atoms with E-state index in [4.69, 9.17) is 15.2 Å². The van der Waals surface area contributed by atoms with E-state index in [2.05, 4.69) is 0 Å². The van der Waals surface area contributed by atoms with E-state index >= 15 is 0 Å². The fourth-order valence-corrected chi connectivity index (χ4v) is 1.26. The molecular weight excluding hydrogens is 242 g/mol. The van der Waals surface area contributed by atoms with Crippen LogP contribution in [0, 0.1) is 0 Å². The molecule has 0 saturated carbocycles. The van der Waals surface area contributed by atoms with E-state index < -0.39 is 0 Å². The summed E-state index contributed by atoms with van der Waals surface area (Å²) in [6, 6.07) is 7.52. The molecular formula is C12H18ClNO3. The molecule has 0 aliphatic carbocycles. The summed E-state index contributed by atoms with van der Waals surface area (Å²) in [6.45, 7) is 2.71. The largest absolute Gasteiger partial charge is 0.482 e. The third kappa shape index (κ3) is 6.14. The number of rotatable bonds is 6. The molecule has 0 radical (unpaired) electrons. The van der Waals surface area contributed by atoms with Crippen LogP contribution in [-0.4, -0.2) is 25.7 Å². The second kappa shape index (κ2) is 8.84. The zero-order valence-corrected chi connectivity index (χ0v) is 10.7. The second-order valence-electron chi connectivity index (χ2n) is 3.28. The summed E-state index contributed by atoms with van der Waals surface area (Å²) in [6.07, 6.45) is 0.845. The first kappa shape index (κ1) is 15.7. The van der Waals surface area contributed by atoms with Gasteiger partial charge in [0.2, 0.25) is 0 Å². The Hall–Kier alpha value is -1.26. The van der Waals surface area contributed by atoms with Crippen LogP contribution in [0.5, 0.6) is 5.75 Å². The Morgan fingerprint density at radius 1 is 1.29 bits per heavy atom. The van der Waals surface area contributed by atoms with Crippen LogP contribution in [0.4, 0.5) is 0 Å². The molecule has 96 valence electrons. The molecule has 0 saturated heterocycles. The van der Waals surface area contributed by atoms with Crippen LogP contribution in [0.25, 0.3) is 0 Å². The monoisotopic (exact) mass is 259 g/mol. The van der Waals surface area contributed by atoms with Crippen molar-refractivity contribution in [1.82, 2.24) is 0 Å². The highest BCUT2D eigenvalue weighted by Gasteiger charge is 2.02. The van der Waals surface area contributed by atoms with Gasteiger partial charge in [0.1, 0.15) is 5.75 Å². The molecule has 0 atom stereocenters. The summed E-state index contributed by atoms with van der Waals surface area (Å²) >= 11 is 0. The standard InChI is InChI=1S/C12H17NO3.ClH/c1-2-15-12(14)9-16-11-5-3-10(4-6-11)7-8-13;/h3-6H,2,7-9,13H2,1H3;1H. The molecule has 0 aliphatic heterocycles. The molecule has 1 aromatic rings. The topological polar surface area (TPSA) is 61.5 Å². The average molecular weight is 260 g/mol. The Bertz CT molecular complexity index is 327. The molecule has 0 spiro atoms. The molecule has 0 heterocycles. The predicted octanol–water partition coefficient (Wildman–Crippen LogP) is 1.55. The third-order valence-corrected chi connectivity index (χ3v) is 2.02. The average Bonchev–Trinajstić information content (AvgIpc) is 2.29. The van der Waals surface area contributed by atoms with Gasteiger partial charge >= 0.3 is 5.97 Å². The summed E-state index contributed by atoms with van der Waals surface area (Å²) in [5, 5.41) is 0. The summed E-state index contributed by atoms with van der Waals surface area (Å²) in [7, 11) is 0. The van der Waals surface area contributed by atoms with Gasteiger partial charge in [-0.25, -0.2) is 4.79 Å². The number of nitrogens with two attached hydrogens (primary N) is 1. The van der Waals surface area contributed by atoms with Crippen molar-refractivity contribution in [2.45, 2.75) is 13.3 Å². The highest BCUT2D eigenvalue weighted by Crippen LogP contribution is 2.12. The molecule has 0 amide bonds. The van der Waals surface area contributed by atoms with Crippen molar-refractivity contribution >= 4 is 18.4 Å². The van der Waals surface area contributed by atoms with Crippen molar-refractivity contribution in [3.05, 3.63) is 29.8 Å². The lowest BCUT2D eigenvalue weighted by molar-refractivity contribution is -0.145. The normalized spacial score (nSPS) is 9.29. The Morgan fingerprint density at radius 2 is 1.94 bits per heavy atom. The molecule has 0 aromatic heterocycles. The van der Waals surface area contributed by atoms with Gasteiger partial charge in [-0.15, -0.1) is 12.4 Å².